The Morgan fingerprint density at radius 3 is 1.55 bits per heavy atom. The molecule has 0 unspecified atom stereocenters. The van der Waals surface area contributed by atoms with E-state index < -0.39 is 0 Å². The van der Waals surface area contributed by atoms with Crippen LogP contribution in [0.25, 0.3) is 0 Å². The summed E-state index contributed by atoms with van der Waals surface area (Å²) in [5.74, 6) is 1.76. The molecule has 0 aromatic heterocycles. The molecule has 0 heterocycles. The molecule has 1 aliphatic rings. The van der Waals surface area contributed by atoms with Crippen LogP contribution < -0.4 is 0 Å². The average Bonchev–Trinajstić information content (AvgIpc) is 1.78. The van der Waals surface area contributed by atoms with Crippen LogP contribution in [0.2, 0.25) is 0 Å². The van der Waals surface area contributed by atoms with Gasteiger partial charge in [0.1, 0.15) is 5.78 Å². The molecule has 0 spiro atoms. The van der Waals surface area contributed by atoms with Gasteiger partial charge in [-0.15, -0.1) is 0 Å². The zero-order valence-electron chi connectivity index (χ0n) is 7.98. The van der Waals surface area contributed by atoms with E-state index in [0.29, 0.717) is 23.0 Å². The standard InChI is InChI=1S/C10H18O/c1-7(2)10(8(3)4)5-9(11)6-10/h7-8H,5-6H2,1-4H3. The van der Waals surface area contributed by atoms with Gasteiger partial charge in [0.2, 0.25) is 0 Å². The van der Waals surface area contributed by atoms with Crippen LogP contribution in [0.1, 0.15) is 40.5 Å². The summed E-state index contributed by atoms with van der Waals surface area (Å²) in [4.78, 5) is 10.9. The van der Waals surface area contributed by atoms with E-state index in [0.717, 1.165) is 12.8 Å². The number of carbonyl (C=O) groups excluding carboxylic acids is 1. The van der Waals surface area contributed by atoms with E-state index in [1.807, 2.05) is 0 Å². The number of Topliss-reactive ketones (excluding diaryl/α,β-unsaturated/α-hetero) is 1. The highest BCUT2D eigenvalue weighted by Crippen LogP contribution is 2.50. The minimum absolute atomic E-state index is 0.344. The smallest absolute Gasteiger partial charge is 0.134 e. The Morgan fingerprint density at radius 2 is 1.45 bits per heavy atom. The van der Waals surface area contributed by atoms with Crippen molar-refractivity contribution in [3.63, 3.8) is 0 Å². The summed E-state index contributed by atoms with van der Waals surface area (Å²) < 4.78 is 0. The maximum Gasteiger partial charge on any atom is 0.134 e. The van der Waals surface area contributed by atoms with E-state index in [4.69, 9.17) is 0 Å². The molecule has 11 heavy (non-hydrogen) atoms. The quantitative estimate of drug-likeness (QED) is 0.597. The van der Waals surface area contributed by atoms with E-state index in [-0.39, 0.29) is 0 Å². The maximum atomic E-state index is 10.9. The van der Waals surface area contributed by atoms with Crippen molar-refractivity contribution in [2.75, 3.05) is 0 Å². The van der Waals surface area contributed by atoms with Crippen molar-refractivity contribution in [3.05, 3.63) is 0 Å². The molecule has 0 aromatic rings. The van der Waals surface area contributed by atoms with Gasteiger partial charge in [-0.05, 0) is 17.3 Å². The van der Waals surface area contributed by atoms with E-state index in [9.17, 15) is 4.79 Å². The van der Waals surface area contributed by atoms with Gasteiger partial charge in [0, 0.05) is 12.8 Å². The third kappa shape index (κ3) is 1.21. The van der Waals surface area contributed by atoms with Crippen molar-refractivity contribution >= 4 is 5.78 Å². The molecule has 0 saturated heterocycles. The van der Waals surface area contributed by atoms with Gasteiger partial charge in [0.15, 0.2) is 0 Å². The summed E-state index contributed by atoms with van der Waals surface area (Å²) in [6.07, 6.45) is 1.64. The van der Waals surface area contributed by atoms with Crippen LogP contribution in [0.15, 0.2) is 0 Å². The number of rotatable bonds is 2. The van der Waals surface area contributed by atoms with E-state index >= 15 is 0 Å². The fourth-order valence-electron chi connectivity index (χ4n) is 2.17. The predicted molar refractivity (Wildman–Crippen MR) is 46.4 cm³/mol. The summed E-state index contributed by atoms with van der Waals surface area (Å²) in [6, 6.07) is 0. The fourth-order valence-corrected chi connectivity index (χ4v) is 2.17. The molecule has 0 atom stereocenters. The molecule has 0 bridgehead atoms. The summed E-state index contributed by atoms with van der Waals surface area (Å²) in [5, 5.41) is 0. The van der Waals surface area contributed by atoms with Gasteiger partial charge >= 0.3 is 0 Å². The van der Waals surface area contributed by atoms with Crippen molar-refractivity contribution in [2.24, 2.45) is 17.3 Å². The van der Waals surface area contributed by atoms with Gasteiger partial charge in [0.05, 0.1) is 0 Å². The molecule has 1 nitrogen and oxygen atoms in total. The monoisotopic (exact) mass is 154 g/mol. The minimum atomic E-state index is 0.344. The third-order valence-corrected chi connectivity index (χ3v) is 3.35. The number of hydrogen-bond acceptors (Lipinski definition) is 1. The molecular formula is C10H18O. The Balaban J connectivity index is 2.68. The Bertz CT molecular complexity index is 150. The lowest BCUT2D eigenvalue weighted by Crippen LogP contribution is -2.45. The zero-order valence-corrected chi connectivity index (χ0v) is 7.98. The van der Waals surface area contributed by atoms with Gasteiger partial charge in [-0.25, -0.2) is 0 Å². The molecule has 64 valence electrons. The van der Waals surface area contributed by atoms with Crippen molar-refractivity contribution in [2.45, 2.75) is 40.5 Å². The highest BCUT2D eigenvalue weighted by molar-refractivity contribution is 5.86. The molecular weight excluding hydrogens is 136 g/mol. The van der Waals surface area contributed by atoms with Gasteiger partial charge in [-0.3, -0.25) is 4.79 Å². The Kier molecular flexibility index (Phi) is 2.08. The van der Waals surface area contributed by atoms with Crippen LogP contribution in [-0.4, -0.2) is 5.78 Å². The number of carbonyl (C=O) groups is 1. The lowest BCUT2D eigenvalue weighted by Gasteiger charge is -2.47. The number of ketones is 1. The highest BCUT2D eigenvalue weighted by atomic mass is 16.1. The molecule has 0 radical (unpaired) electrons. The molecule has 0 amide bonds. The zero-order chi connectivity index (χ0) is 8.65. The molecule has 1 saturated carbocycles. The van der Waals surface area contributed by atoms with Gasteiger partial charge in [0.25, 0.3) is 0 Å². The average molecular weight is 154 g/mol. The Labute approximate surface area is 69.2 Å². The lowest BCUT2D eigenvalue weighted by atomic mass is 9.56. The number of hydrogen-bond donors (Lipinski definition) is 0. The first-order chi connectivity index (χ1) is 4.99. The second-order valence-corrected chi connectivity index (χ2v) is 4.43. The van der Waals surface area contributed by atoms with Crippen LogP contribution in [0.4, 0.5) is 0 Å². The molecule has 0 aliphatic heterocycles. The van der Waals surface area contributed by atoms with Gasteiger partial charge in [-0.2, -0.15) is 0 Å². The first-order valence-corrected chi connectivity index (χ1v) is 4.51. The first kappa shape index (κ1) is 8.76. The van der Waals surface area contributed by atoms with E-state index in [2.05, 4.69) is 27.7 Å². The summed E-state index contributed by atoms with van der Waals surface area (Å²) in [5.41, 5.74) is 0.344. The topological polar surface area (TPSA) is 17.1 Å². The van der Waals surface area contributed by atoms with Crippen molar-refractivity contribution in [1.29, 1.82) is 0 Å². The van der Waals surface area contributed by atoms with Crippen molar-refractivity contribution < 1.29 is 4.79 Å². The molecule has 1 rings (SSSR count). The van der Waals surface area contributed by atoms with E-state index in [1.54, 1.807) is 0 Å². The van der Waals surface area contributed by atoms with Crippen molar-refractivity contribution in [1.82, 2.24) is 0 Å². The van der Waals surface area contributed by atoms with Crippen molar-refractivity contribution in [3.8, 4) is 0 Å². The summed E-state index contributed by atoms with van der Waals surface area (Å²) >= 11 is 0. The first-order valence-electron chi connectivity index (χ1n) is 4.51. The van der Waals surface area contributed by atoms with E-state index in [1.165, 1.54) is 0 Å². The molecule has 0 aromatic carbocycles. The molecule has 1 fully saturated rings. The van der Waals surface area contributed by atoms with Crippen LogP contribution in [-0.2, 0) is 4.79 Å². The molecule has 0 N–H and O–H groups in total. The summed E-state index contributed by atoms with van der Waals surface area (Å²) in [6.45, 7) is 8.91. The lowest BCUT2D eigenvalue weighted by molar-refractivity contribution is -0.139. The van der Waals surface area contributed by atoms with Crippen LogP contribution in [0.5, 0.6) is 0 Å². The Morgan fingerprint density at radius 1 is 1.09 bits per heavy atom. The normalized spacial score (nSPS) is 22.5. The summed E-state index contributed by atoms with van der Waals surface area (Å²) in [7, 11) is 0. The van der Waals surface area contributed by atoms with Crippen LogP contribution >= 0.6 is 0 Å². The highest BCUT2D eigenvalue weighted by Gasteiger charge is 2.47. The minimum Gasteiger partial charge on any atom is -0.300 e. The van der Waals surface area contributed by atoms with Crippen LogP contribution in [0.3, 0.4) is 0 Å². The van der Waals surface area contributed by atoms with Gasteiger partial charge < -0.3 is 0 Å². The second kappa shape index (κ2) is 2.62. The fraction of sp³-hybridized carbons (Fsp3) is 0.900. The predicted octanol–water partition coefficient (Wildman–Crippen LogP) is 2.65. The SMILES string of the molecule is CC(C)C1(C(C)C)CC(=O)C1. The molecule has 1 heteroatoms. The van der Waals surface area contributed by atoms with Gasteiger partial charge in [-0.1, -0.05) is 27.7 Å². The largest absolute Gasteiger partial charge is 0.300 e. The maximum absolute atomic E-state index is 10.9. The van der Waals surface area contributed by atoms with Crippen LogP contribution in [0, 0.1) is 17.3 Å². The third-order valence-electron chi connectivity index (χ3n) is 3.35. The Hall–Kier alpha value is -0.330. The molecule has 1 aliphatic carbocycles. The second-order valence-electron chi connectivity index (χ2n) is 4.43.